The molecule has 1 heterocycles. The van der Waals surface area contributed by atoms with E-state index in [0.29, 0.717) is 11.5 Å². The molecule has 2 fully saturated rings. The molecule has 1 saturated carbocycles. The summed E-state index contributed by atoms with van der Waals surface area (Å²) in [5, 5.41) is 0. The fourth-order valence-electron chi connectivity index (χ4n) is 4.86. The number of allylic oxidation sites excluding steroid dienone is 1. The van der Waals surface area contributed by atoms with Gasteiger partial charge >= 0.3 is 5.97 Å². The van der Waals surface area contributed by atoms with Crippen molar-refractivity contribution in [1.82, 2.24) is 0 Å². The van der Waals surface area contributed by atoms with E-state index in [1.54, 1.807) is 19.2 Å². The van der Waals surface area contributed by atoms with E-state index in [2.05, 4.69) is 33.8 Å². The van der Waals surface area contributed by atoms with Crippen LogP contribution in [0.25, 0.3) is 0 Å². The van der Waals surface area contributed by atoms with Crippen LogP contribution in [0.15, 0.2) is 42.0 Å². The van der Waals surface area contributed by atoms with Crippen LogP contribution in [0.2, 0.25) is 0 Å². The topological polar surface area (TPSA) is 48.1 Å². The second kappa shape index (κ2) is 9.44. The molecule has 1 saturated heterocycles. The molecule has 1 aromatic rings. The van der Waals surface area contributed by atoms with Crippen LogP contribution in [0.3, 0.4) is 0 Å². The first-order valence-electron chi connectivity index (χ1n) is 11.0. The molecule has 160 valence electrons. The van der Waals surface area contributed by atoms with E-state index < -0.39 is 0 Å². The lowest BCUT2D eigenvalue weighted by molar-refractivity contribution is -0.120. The van der Waals surface area contributed by atoms with Crippen LogP contribution in [0, 0.1) is 17.8 Å². The summed E-state index contributed by atoms with van der Waals surface area (Å²) in [5.41, 5.74) is 1.72. The maximum Gasteiger partial charge on any atom is 0.338 e. The van der Waals surface area contributed by atoms with Crippen LogP contribution in [-0.2, 0) is 14.2 Å². The molecule has 1 spiro atoms. The molecule has 4 heteroatoms. The van der Waals surface area contributed by atoms with Gasteiger partial charge in [-0.2, -0.15) is 0 Å². The van der Waals surface area contributed by atoms with Crippen LogP contribution in [-0.4, -0.2) is 37.5 Å². The Hall–Kier alpha value is -1.65. The highest BCUT2D eigenvalue weighted by Crippen LogP contribution is 2.53. The predicted octanol–water partition coefficient (Wildman–Crippen LogP) is 5.42. The molecule has 3 rings (SSSR count). The fourth-order valence-corrected chi connectivity index (χ4v) is 4.86. The van der Waals surface area contributed by atoms with Crippen LogP contribution in [0.1, 0.15) is 63.7 Å². The molecule has 0 bridgehead atoms. The predicted molar refractivity (Wildman–Crippen MR) is 115 cm³/mol. The number of benzene rings is 1. The molecule has 0 radical (unpaired) electrons. The average molecular weight is 401 g/mol. The molecule has 0 unspecified atom stereocenters. The van der Waals surface area contributed by atoms with Gasteiger partial charge in [0.2, 0.25) is 0 Å². The van der Waals surface area contributed by atoms with E-state index in [1.807, 2.05) is 18.2 Å². The molecule has 29 heavy (non-hydrogen) atoms. The Kier molecular flexibility index (Phi) is 7.18. The molecule has 0 amide bonds. The Balaban J connectivity index is 1.84. The smallest absolute Gasteiger partial charge is 0.338 e. The Labute approximate surface area is 175 Å². The van der Waals surface area contributed by atoms with E-state index in [9.17, 15) is 4.79 Å². The summed E-state index contributed by atoms with van der Waals surface area (Å²) >= 11 is 0. The van der Waals surface area contributed by atoms with Crippen LogP contribution in [0.5, 0.6) is 0 Å². The Morgan fingerprint density at radius 3 is 2.52 bits per heavy atom. The van der Waals surface area contributed by atoms with Crippen molar-refractivity contribution in [2.45, 2.75) is 71.2 Å². The molecular weight excluding hydrogens is 364 g/mol. The van der Waals surface area contributed by atoms with E-state index in [0.717, 1.165) is 25.9 Å². The zero-order chi connectivity index (χ0) is 21.0. The van der Waals surface area contributed by atoms with Gasteiger partial charge in [-0.25, -0.2) is 4.79 Å². The van der Waals surface area contributed by atoms with E-state index in [1.165, 1.54) is 12.0 Å². The maximum absolute atomic E-state index is 12.8. The van der Waals surface area contributed by atoms with E-state index in [-0.39, 0.29) is 35.6 Å². The summed E-state index contributed by atoms with van der Waals surface area (Å²) < 4.78 is 18.1. The first-order chi connectivity index (χ1) is 13.9. The van der Waals surface area contributed by atoms with Gasteiger partial charge in [-0.15, -0.1) is 0 Å². The molecule has 4 nitrogen and oxygen atoms in total. The highest BCUT2D eigenvalue weighted by atomic mass is 16.6. The largest absolute Gasteiger partial charge is 0.456 e. The molecule has 5 atom stereocenters. The van der Waals surface area contributed by atoms with E-state index in [4.69, 9.17) is 14.2 Å². The van der Waals surface area contributed by atoms with Crippen molar-refractivity contribution in [2.75, 3.05) is 13.7 Å². The number of rotatable bonds is 8. The summed E-state index contributed by atoms with van der Waals surface area (Å²) in [7, 11) is 1.73. The van der Waals surface area contributed by atoms with Crippen molar-refractivity contribution in [1.29, 1.82) is 0 Å². The van der Waals surface area contributed by atoms with Crippen molar-refractivity contribution in [3.8, 4) is 0 Å². The third-order valence-corrected chi connectivity index (χ3v) is 6.56. The zero-order valence-corrected chi connectivity index (χ0v) is 18.5. The Morgan fingerprint density at radius 2 is 1.97 bits per heavy atom. The number of methoxy groups -OCH3 is 1. The Bertz CT molecular complexity index is 705. The van der Waals surface area contributed by atoms with E-state index >= 15 is 0 Å². The van der Waals surface area contributed by atoms with Gasteiger partial charge < -0.3 is 14.2 Å². The van der Waals surface area contributed by atoms with Crippen molar-refractivity contribution < 1.29 is 19.0 Å². The molecule has 1 aliphatic carbocycles. The lowest BCUT2D eigenvalue weighted by Crippen LogP contribution is -2.54. The van der Waals surface area contributed by atoms with Gasteiger partial charge in [0.05, 0.1) is 12.2 Å². The average Bonchev–Trinajstić information content (AvgIpc) is 3.48. The van der Waals surface area contributed by atoms with Gasteiger partial charge in [0, 0.05) is 18.9 Å². The molecule has 0 aromatic heterocycles. The normalized spacial score (nSPS) is 31.9. The third kappa shape index (κ3) is 4.92. The maximum atomic E-state index is 12.8. The summed E-state index contributed by atoms with van der Waals surface area (Å²) in [6, 6.07) is 9.22. The number of hydrogen-bond donors (Lipinski definition) is 0. The van der Waals surface area contributed by atoms with Gasteiger partial charge in [-0.1, -0.05) is 50.6 Å². The number of hydrogen-bond acceptors (Lipinski definition) is 4. The quantitative estimate of drug-likeness (QED) is 0.332. The van der Waals surface area contributed by atoms with Crippen molar-refractivity contribution in [3.63, 3.8) is 0 Å². The van der Waals surface area contributed by atoms with Crippen molar-refractivity contribution in [3.05, 3.63) is 47.5 Å². The first-order valence-corrected chi connectivity index (χ1v) is 11.0. The minimum absolute atomic E-state index is 0.121. The minimum atomic E-state index is -0.274. The van der Waals surface area contributed by atoms with Gasteiger partial charge in [-0.05, 0) is 50.7 Å². The second-order valence-electron chi connectivity index (χ2n) is 9.06. The van der Waals surface area contributed by atoms with Crippen LogP contribution >= 0.6 is 0 Å². The summed E-state index contributed by atoms with van der Waals surface area (Å²) in [6.07, 6.45) is 5.93. The lowest BCUT2D eigenvalue weighted by atomic mass is 9.67. The summed E-state index contributed by atoms with van der Waals surface area (Å²) in [6.45, 7) is 9.60. The van der Waals surface area contributed by atoms with Gasteiger partial charge in [-0.3, -0.25) is 0 Å². The number of esters is 1. The van der Waals surface area contributed by atoms with Gasteiger partial charge in [0.1, 0.15) is 17.8 Å². The highest BCUT2D eigenvalue weighted by molar-refractivity contribution is 5.89. The highest BCUT2D eigenvalue weighted by Gasteiger charge is 2.62. The fraction of sp³-hybridized carbons (Fsp3) is 0.640. The summed E-state index contributed by atoms with van der Waals surface area (Å²) in [5.74, 6) is 0.758. The Morgan fingerprint density at radius 1 is 1.28 bits per heavy atom. The number of carbonyl (C=O) groups excluding carboxylic acids is 1. The van der Waals surface area contributed by atoms with Crippen molar-refractivity contribution in [2.24, 2.45) is 17.8 Å². The molecular formula is C25H36O4. The monoisotopic (exact) mass is 400 g/mol. The number of epoxide rings is 1. The van der Waals surface area contributed by atoms with Gasteiger partial charge in [0.15, 0.2) is 0 Å². The minimum Gasteiger partial charge on any atom is -0.456 e. The number of carbonyl (C=O) groups is 1. The first kappa shape index (κ1) is 22.0. The van der Waals surface area contributed by atoms with Crippen molar-refractivity contribution >= 4 is 5.97 Å². The van der Waals surface area contributed by atoms with Crippen LogP contribution in [0.4, 0.5) is 0 Å². The second-order valence-corrected chi connectivity index (χ2v) is 9.06. The number of ether oxygens (including phenoxy) is 3. The molecule has 1 aliphatic heterocycles. The summed E-state index contributed by atoms with van der Waals surface area (Å²) in [4.78, 5) is 12.8. The van der Waals surface area contributed by atoms with Gasteiger partial charge in [0.25, 0.3) is 0 Å². The molecule has 2 aliphatic rings. The third-order valence-electron chi connectivity index (χ3n) is 6.56. The lowest BCUT2D eigenvalue weighted by Gasteiger charge is -2.45. The molecule has 0 N–H and O–H groups in total. The van der Waals surface area contributed by atoms with Crippen LogP contribution < -0.4 is 0 Å². The standard InChI is InChI=1S/C25H36O4/c1-6-19-15-25(16-28-25)21(18(4)12-10-11-17(2)3)23(27-5)22(19)29-24(26)20-13-8-7-9-14-20/h7-9,12-14,17,19,21-23H,6,10-11,15-16H2,1-5H3/t19-,21+,22-,23+,25+/m1/s1. The zero-order valence-electron chi connectivity index (χ0n) is 18.5. The SMILES string of the molecule is CC[C@@H]1C[C@]2(CO2)[C@@H](C(C)=CCCC(C)C)[C@H](OC)[C@@H]1OC(=O)c1ccccc1. The molecule has 1 aromatic carbocycles.